The van der Waals surface area contributed by atoms with Crippen LogP contribution in [0.4, 0.5) is 11.4 Å². The number of ether oxygens (including phenoxy) is 3. The maximum absolute atomic E-state index is 12.5. The molecule has 0 unspecified atom stereocenters. The molecule has 0 atom stereocenters. The number of anilines is 2. The lowest BCUT2D eigenvalue weighted by Crippen LogP contribution is -2.14. The fourth-order valence-corrected chi connectivity index (χ4v) is 3.07. The van der Waals surface area contributed by atoms with Crippen LogP contribution in [0.25, 0.3) is 6.08 Å². The molecule has 0 spiro atoms. The molecular formula is C26H26N2O5. The van der Waals surface area contributed by atoms with E-state index in [-0.39, 0.29) is 11.8 Å². The first-order valence-electron chi connectivity index (χ1n) is 10.4. The highest BCUT2D eigenvalue weighted by Crippen LogP contribution is 2.36. The van der Waals surface area contributed by atoms with Crippen molar-refractivity contribution in [3.63, 3.8) is 0 Å². The summed E-state index contributed by atoms with van der Waals surface area (Å²) in [6.07, 6.45) is 3.12. The normalized spacial score (nSPS) is 10.5. The monoisotopic (exact) mass is 446 g/mol. The third-order valence-corrected chi connectivity index (χ3v) is 4.68. The van der Waals surface area contributed by atoms with Gasteiger partial charge in [0.2, 0.25) is 5.91 Å². The van der Waals surface area contributed by atoms with E-state index in [1.807, 2.05) is 37.3 Å². The van der Waals surface area contributed by atoms with Crippen LogP contribution in [0.1, 0.15) is 22.8 Å². The highest BCUT2D eigenvalue weighted by molar-refractivity contribution is 6.06. The Labute approximate surface area is 193 Å². The minimum absolute atomic E-state index is 0.286. The number of nitrogens with one attached hydrogen (secondary N) is 2. The predicted octanol–water partition coefficient (Wildman–Crippen LogP) is 5.01. The zero-order chi connectivity index (χ0) is 23.6. The first kappa shape index (κ1) is 23.4. The van der Waals surface area contributed by atoms with Gasteiger partial charge in [-0.1, -0.05) is 30.3 Å². The van der Waals surface area contributed by atoms with E-state index in [1.54, 1.807) is 42.5 Å². The number of benzene rings is 3. The van der Waals surface area contributed by atoms with Crippen LogP contribution in [0.2, 0.25) is 0 Å². The van der Waals surface area contributed by atoms with Gasteiger partial charge in [0.1, 0.15) is 17.2 Å². The minimum atomic E-state index is -0.342. The average Bonchev–Trinajstić information content (AvgIpc) is 2.84. The van der Waals surface area contributed by atoms with Crippen LogP contribution in [0.5, 0.6) is 17.2 Å². The Kier molecular flexibility index (Phi) is 8.07. The van der Waals surface area contributed by atoms with E-state index in [1.165, 1.54) is 20.3 Å². The zero-order valence-electron chi connectivity index (χ0n) is 18.8. The molecule has 170 valence electrons. The first-order valence-corrected chi connectivity index (χ1v) is 10.4. The largest absolute Gasteiger partial charge is 0.494 e. The summed E-state index contributed by atoms with van der Waals surface area (Å²) < 4.78 is 16.2. The molecular weight excluding hydrogens is 420 g/mol. The van der Waals surface area contributed by atoms with Crippen molar-refractivity contribution in [3.05, 3.63) is 83.9 Å². The molecule has 0 saturated heterocycles. The molecule has 3 aromatic rings. The maximum Gasteiger partial charge on any atom is 0.255 e. The topological polar surface area (TPSA) is 85.9 Å². The fourth-order valence-electron chi connectivity index (χ4n) is 3.07. The first-order chi connectivity index (χ1) is 16.0. The Balaban J connectivity index is 1.74. The summed E-state index contributed by atoms with van der Waals surface area (Å²) in [7, 11) is 2.97. The van der Waals surface area contributed by atoms with Crippen molar-refractivity contribution in [2.45, 2.75) is 6.92 Å². The third kappa shape index (κ3) is 6.36. The Morgan fingerprint density at radius 3 is 2.03 bits per heavy atom. The van der Waals surface area contributed by atoms with Gasteiger partial charge in [-0.25, -0.2) is 0 Å². The van der Waals surface area contributed by atoms with Crippen LogP contribution >= 0.6 is 0 Å². The molecule has 7 heteroatoms. The van der Waals surface area contributed by atoms with Crippen LogP contribution < -0.4 is 24.8 Å². The highest BCUT2D eigenvalue weighted by atomic mass is 16.5. The lowest BCUT2D eigenvalue weighted by molar-refractivity contribution is -0.111. The minimum Gasteiger partial charge on any atom is -0.494 e. The van der Waals surface area contributed by atoms with Crippen molar-refractivity contribution in [1.29, 1.82) is 0 Å². The number of hydrogen-bond donors (Lipinski definition) is 2. The quantitative estimate of drug-likeness (QED) is 0.452. The summed E-state index contributed by atoms with van der Waals surface area (Å²) in [4.78, 5) is 25.0. The molecule has 33 heavy (non-hydrogen) atoms. The van der Waals surface area contributed by atoms with Crippen molar-refractivity contribution >= 4 is 29.3 Å². The van der Waals surface area contributed by atoms with Gasteiger partial charge in [-0.2, -0.15) is 0 Å². The zero-order valence-corrected chi connectivity index (χ0v) is 18.8. The van der Waals surface area contributed by atoms with Crippen molar-refractivity contribution in [2.24, 2.45) is 0 Å². The molecule has 2 N–H and O–H groups in total. The summed E-state index contributed by atoms with van der Waals surface area (Å²) in [5, 5.41) is 5.59. The van der Waals surface area contributed by atoms with Crippen LogP contribution in [0.3, 0.4) is 0 Å². The molecule has 0 aliphatic heterocycles. The van der Waals surface area contributed by atoms with E-state index in [2.05, 4.69) is 10.6 Å². The second-order valence-corrected chi connectivity index (χ2v) is 6.90. The van der Waals surface area contributed by atoms with E-state index in [9.17, 15) is 9.59 Å². The molecule has 0 saturated carbocycles. The van der Waals surface area contributed by atoms with E-state index in [0.29, 0.717) is 35.0 Å². The molecule has 0 aliphatic rings. The molecule has 7 nitrogen and oxygen atoms in total. The van der Waals surface area contributed by atoms with Crippen molar-refractivity contribution < 1.29 is 23.8 Å². The Morgan fingerprint density at radius 2 is 1.45 bits per heavy atom. The summed E-state index contributed by atoms with van der Waals surface area (Å²) in [6, 6.07) is 19.4. The van der Waals surface area contributed by atoms with Crippen LogP contribution in [-0.4, -0.2) is 32.6 Å². The number of methoxy groups -OCH3 is 2. The van der Waals surface area contributed by atoms with Crippen molar-refractivity contribution in [2.75, 3.05) is 31.5 Å². The lowest BCUT2D eigenvalue weighted by atomic mass is 10.2. The van der Waals surface area contributed by atoms with Gasteiger partial charge >= 0.3 is 0 Å². The van der Waals surface area contributed by atoms with Gasteiger partial charge in [0.15, 0.2) is 0 Å². The summed E-state index contributed by atoms with van der Waals surface area (Å²) in [6.45, 7) is 2.52. The molecule has 3 aromatic carbocycles. The Bertz CT molecular complexity index is 1130. The fraction of sp³-hybridized carbons (Fsp3) is 0.154. The van der Waals surface area contributed by atoms with Crippen molar-refractivity contribution in [3.8, 4) is 17.2 Å². The van der Waals surface area contributed by atoms with Gasteiger partial charge in [-0.05, 0) is 42.8 Å². The Hall–Kier alpha value is -4.26. The third-order valence-electron chi connectivity index (χ3n) is 4.68. The standard InChI is InChI=1S/C26H26N2O5/c1-4-33-20-13-10-18(11-14-20)12-15-25(29)27-21-16-24(32-3)22(17-23(21)31-2)28-26(30)19-8-6-5-7-9-19/h5-17H,4H2,1-3H3,(H,27,29)(H,28,30)/b15-12+. The highest BCUT2D eigenvalue weighted by Gasteiger charge is 2.15. The van der Waals surface area contributed by atoms with Gasteiger partial charge < -0.3 is 24.8 Å². The van der Waals surface area contributed by atoms with Gasteiger partial charge in [-0.15, -0.1) is 0 Å². The molecule has 0 bridgehead atoms. The number of amides is 2. The van der Waals surface area contributed by atoms with Crippen LogP contribution in [0.15, 0.2) is 72.8 Å². The maximum atomic E-state index is 12.5. The van der Waals surface area contributed by atoms with Crippen LogP contribution in [0, 0.1) is 0 Å². The number of carbonyl (C=O) groups is 2. The molecule has 2 amide bonds. The molecule has 0 aliphatic carbocycles. The number of hydrogen-bond acceptors (Lipinski definition) is 5. The molecule has 3 rings (SSSR count). The summed E-state index contributed by atoms with van der Waals surface area (Å²) in [5.74, 6) is 0.902. The van der Waals surface area contributed by atoms with Crippen molar-refractivity contribution in [1.82, 2.24) is 0 Å². The van der Waals surface area contributed by atoms with Crippen LogP contribution in [-0.2, 0) is 4.79 Å². The molecule has 0 aromatic heterocycles. The second-order valence-electron chi connectivity index (χ2n) is 6.90. The number of rotatable bonds is 9. The molecule has 0 fully saturated rings. The van der Waals surface area contributed by atoms with E-state index in [0.717, 1.165) is 11.3 Å². The van der Waals surface area contributed by atoms with Gasteiger partial charge in [0, 0.05) is 23.8 Å². The second kappa shape index (κ2) is 11.4. The van der Waals surface area contributed by atoms with E-state index in [4.69, 9.17) is 14.2 Å². The molecule has 0 heterocycles. The Morgan fingerprint density at radius 1 is 0.848 bits per heavy atom. The van der Waals surface area contributed by atoms with E-state index >= 15 is 0 Å². The van der Waals surface area contributed by atoms with Gasteiger partial charge in [-0.3, -0.25) is 9.59 Å². The predicted molar refractivity (Wildman–Crippen MR) is 129 cm³/mol. The van der Waals surface area contributed by atoms with Gasteiger partial charge in [0.05, 0.1) is 32.2 Å². The number of carbonyl (C=O) groups excluding carboxylic acids is 2. The lowest BCUT2D eigenvalue weighted by Gasteiger charge is -2.16. The summed E-state index contributed by atoms with van der Waals surface area (Å²) >= 11 is 0. The summed E-state index contributed by atoms with van der Waals surface area (Å²) in [5.41, 5.74) is 2.20. The average molecular weight is 447 g/mol. The van der Waals surface area contributed by atoms with Gasteiger partial charge in [0.25, 0.3) is 5.91 Å². The molecule has 0 radical (unpaired) electrons. The van der Waals surface area contributed by atoms with E-state index < -0.39 is 0 Å². The SMILES string of the molecule is CCOc1ccc(/C=C/C(=O)Nc2cc(OC)c(NC(=O)c3ccccc3)cc2OC)cc1. The smallest absolute Gasteiger partial charge is 0.255 e.